The van der Waals surface area contributed by atoms with Gasteiger partial charge in [0.25, 0.3) is 5.88 Å². The summed E-state index contributed by atoms with van der Waals surface area (Å²) in [4.78, 5) is 8.02. The fourth-order valence-corrected chi connectivity index (χ4v) is 1.29. The smallest absolute Gasteiger partial charge is 0.256 e. The molecule has 0 saturated heterocycles. The number of ether oxygens (including phenoxy) is 2. The Hall–Kier alpha value is -2.10. The molecule has 0 aliphatic rings. The standard InChI is InChI=1S/C7H9NO2.C7H9N/c1-9-6-4-3-5-8-7(6)10-2;1-2-7-5-3-4-6-8-7/h3-5H,1-2H3;3-6H,2H2,1H3. The second-order valence-electron chi connectivity index (χ2n) is 3.39. The van der Waals surface area contributed by atoms with E-state index in [0.29, 0.717) is 11.6 Å². The number of aromatic nitrogens is 2. The molecular formula is C14H18N2O2. The quantitative estimate of drug-likeness (QED) is 0.835. The van der Waals surface area contributed by atoms with Crippen molar-refractivity contribution in [1.82, 2.24) is 9.97 Å². The third kappa shape index (κ3) is 4.41. The molecule has 0 N–H and O–H groups in total. The Kier molecular flexibility index (Phi) is 6.25. The van der Waals surface area contributed by atoms with Gasteiger partial charge in [-0.05, 0) is 30.7 Å². The molecule has 0 spiro atoms. The zero-order valence-corrected chi connectivity index (χ0v) is 11.0. The average molecular weight is 246 g/mol. The van der Waals surface area contributed by atoms with E-state index in [0.717, 1.165) is 12.1 Å². The maximum atomic E-state index is 4.95. The Balaban J connectivity index is 0.000000184. The van der Waals surface area contributed by atoms with Crippen LogP contribution in [0.1, 0.15) is 12.6 Å². The van der Waals surface area contributed by atoms with E-state index in [1.54, 1.807) is 32.5 Å². The van der Waals surface area contributed by atoms with Crippen molar-refractivity contribution in [3.8, 4) is 11.6 Å². The van der Waals surface area contributed by atoms with E-state index in [1.165, 1.54) is 0 Å². The van der Waals surface area contributed by atoms with Gasteiger partial charge in [-0.25, -0.2) is 4.98 Å². The van der Waals surface area contributed by atoms with Crippen molar-refractivity contribution in [2.24, 2.45) is 0 Å². The van der Waals surface area contributed by atoms with Crippen LogP contribution in [0.15, 0.2) is 42.7 Å². The normalized spacial score (nSPS) is 9.06. The first-order valence-electron chi connectivity index (χ1n) is 5.74. The van der Waals surface area contributed by atoms with Crippen LogP contribution in [0.5, 0.6) is 11.6 Å². The highest BCUT2D eigenvalue weighted by Gasteiger charge is 1.99. The molecule has 0 fully saturated rings. The molecule has 0 aliphatic heterocycles. The van der Waals surface area contributed by atoms with Gasteiger partial charge in [-0.3, -0.25) is 4.98 Å². The van der Waals surface area contributed by atoms with E-state index < -0.39 is 0 Å². The van der Waals surface area contributed by atoms with Crippen LogP contribution in [0.4, 0.5) is 0 Å². The molecule has 0 aromatic carbocycles. The Bertz CT molecular complexity index is 424. The molecule has 18 heavy (non-hydrogen) atoms. The lowest BCUT2D eigenvalue weighted by Gasteiger charge is -2.03. The summed E-state index contributed by atoms with van der Waals surface area (Å²) in [6, 6.07) is 9.55. The number of aryl methyl sites for hydroxylation is 1. The molecule has 2 aromatic rings. The zero-order valence-electron chi connectivity index (χ0n) is 11.0. The Labute approximate surface area is 108 Å². The van der Waals surface area contributed by atoms with Crippen molar-refractivity contribution in [1.29, 1.82) is 0 Å². The van der Waals surface area contributed by atoms with Gasteiger partial charge in [0.1, 0.15) is 0 Å². The SMILES string of the molecule is CCc1ccccn1.COc1cccnc1OC. The van der Waals surface area contributed by atoms with E-state index in [2.05, 4.69) is 16.9 Å². The summed E-state index contributed by atoms with van der Waals surface area (Å²) >= 11 is 0. The fraction of sp³-hybridized carbons (Fsp3) is 0.286. The Morgan fingerprint density at radius 1 is 0.944 bits per heavy atom. The van der Waals surface area contributed by atoms with E-state index in [4.69, 9.17) is 9.47 Å². The van der Waals surface area contributed by atoms with Gasteiger partial charge >= 0.3 is 0 Å². The van der Waals surface area contributed by atoms with Gasteiger partial charge in [-0.15, -0.1) is 0 Å². The lowest BCUT2D eigenvalue weighted by atomic mass is 10.3. The summed E-state index contributed by atoms with van der Waals surface area (Å²) in [5.74, 6) is 1.18. The zero-order chi connectivity index (χ0) is 13.2. The largest absolute Gasteiger partial charge is 0.491 e. The van der Waals surface area contributed by atoms with E-state index >= 15 is 0 Å². The molecule has 0 amide bonds. The molecule has 4 heteroatoms. The van der Waals surface area contributed by atoms with Crippen LogP contribution in [-0.2, 0) is 6.42 Å². The first-order chi connectivity index (χ1) is 8.81. The molecule has 0 saturated carbocycles. The van der Waals surface area contributed by atoms with Crippen LogP contribution in [0.3, 0.4) is 0 Å². The predicted molar refractivity (Wildman–Crippen MR) is 71.0 cm³/mol. The highest BCUT2D eigenvalue weighted by molar-refractivity contribution is 5.31. The molecule has 96 valence electrons. The minimum atomic E-state index is 0.519. The number of pyridine rings is 2. The van der Waals surface area contributed by atoms with Crippen LogP contribution in [0, 0.1) is 0 Å². The molecular weight excluding hydrogens is 228 g/mol. The van der Waals surface area contributed by atoms with Crippen LogP contribution >= 0.6 is 0 Å². The monoisotopic (exact) mass is 246 g/mol. The summed E-state index contributed by atoms with van der Waals surface area (Å²) in [7, 11) is 3.14. The van der Waals surface area contributed by atoms with Crippen molar-refractivity contribution in [3.63, 3.8) is 0 Å². The second kappa shape index (κ2) is 8.06. The maximum absolute atomic E-state index is 4.95. The molecule has 0 unspecified atom stereocenters. The topological polar surface area (TPSA) is 44.2 Å². The maximum Gasteiger partial charge on any atom is 0.256 e. The van der Waals surface area contributed by atoms with Gasteiger partial charge in [0.05, 0.1) is 14.2 Å². The number of hydrogen-bond donors (Lipinski definition) is 0. The number of rotatable bonds is 3. The van der Waals surface area contributed by atoms with Crippen LogP contribution in [0.2, 0.25) is 0 Å². The first-order valence-corrected chi connectivity index (χ1v) is 5.74. The minimum Gasteiger partial charge on any atom is -0.491 e. The van der Waals surface area contributed by atoms with Crippen LogP contribution in [0.25, 0.3) is 0 Å². The number of nitrogens with zero attached hydrogens (tertiary/aromatic N) is 2. The van der Waals surface area contributed by atoms with Gasteiger partial charge in [0.2, 0.25) is 0 Å². The third-order valence-corrected chi connectivity index (χ3v) is 2.24. The number of hydrogen-bond acceptors (Lipinski definition) is 4. The number of methoxy groups -OCH3 is 2. The predicted octanol–water partition coefficient (Wildman–Crippen LogP) is 2.74. The average Bonchev–Trinajstić information content (AvgIpc) is 2.48. The highest BCUT2D eigenvalue weighted by Crippen LogP contribution is 2.21. The highest BCUT2D eigenvalue weighted by atomic mass is 16.5. The molecule has 2 aromatic heterocycles. The summed E-state index contributed by atoms with van der Waals surface area (Å²) in [5.41, 5.74) is 1.16. The van der Waals surface area contributed by atoms with Crippen LogP contribution < -0.4 is 9.47 Å². The van der Waals surface area contributed by atoms with Gasteiger partial charge in [-0.2, -0.15) is 0 Å². The van der Waals surface area contributed by atoms with Gasteiger partial charge in [0, 0.05) is 18.1 Å². The lowest BCUT2D eigenvalue weighted by molar-refractivity contribution is 0.343. The van der Waals surface area contributed by atoms with Crippen molar-refractivity contribution in [2.45, 2.75) is 13.3 Å². The molecule has 0 atom stereocenters. The summed E-state index contributed by atoms with van der Waals surface area (Å²) in [6.07, 6.45) is 4.50. The van der Waals surface area contributed by atoms with Crippen LogP contribution in [-0.4, -0.2) is 24.2 Å². The summed E-state index contributed by atoms with van der Waals surface area (Å²) in [5, 5.41) is 0. The minimum absolute atomic E-state index is 0.519. The molecule has 2 heterocycles. The van der Waals surface area contributed by atoms with Gasteiger partial charge < -0.3 is 9.47 Å². The van der Waals surface area contributed by atoms with E-state index in [1.807, 2.05) is 24.4 Å². The second-order valence-corrected chi connectivity index (χ2v) is 3.39. The molecule has 0 bridgehead atoms. The van der Waals surface area contributed by atoms with E-state index in [-0.39, 0.29) is 0 Å². The fourth-order valence-electron chi connectivity index (χ4n) is 1.29. The van der Waals surface area contributed by atoms with Crippen molar-refractivity contribution >= 4 is 0 Å². The molecule has 0 aliphatic carbocycles. The third-order valence-electron chi connectivity index (χ3n) is 2.24. The van der Waals surface area contributed by atoms with Crippen molar-refractivity contribution < 1.29 is 9.47 Å². The van der Waals surface area contributed by atoms with Gasteiger partial charge in [-0.1, -0.05) is 13.0 Å². The summed E-state index contributed by atoms with van der Waals surface area (Å²) in [6.45, 7) is 2.10. The summed E-state index contributed by atoms with van der Waals surface area (Å²) < 4.78 is 9.85. The van der Waals surface area contributed by atoms with Crippen molar-refractivity contribution in [3.05, 3.63) is 48.4 Å². The Morgan fingerprint density at radius 3 is 2.17 bits per heavy atom. The first kappa shape index (κ1) is 14.0. The van der Waals surface area contributed by atoms with Gasteiger partial charge in [0.15, 0.2) is 5.75 Å². The van der Waals surface area contributed by atoms with Crippen molar-refractivity contribution in [2.75, 3.05) is 14.2 Å². The molecule has 0 radical (unpaired) electrons. The Morgan fingerprint density at radius 2 is 1.72 bits per heavy atom. The molecule has 4 nitrogen and oxygen atoms in total. The molecule has 2 rings (SSSR count). The lowest BCUT2D eigenvalue weighted by Crippen LogP contribution is -1.91. The van der Waals surface area contributed by atoms with E-state index in [9.17, 15) is 0 Å².